The van der Waals surface area contributed by atoms with Gasteiger partial charge in [-0.2, -0.15) is 4.98 Å². The lowest BCUT2D eigenvalue weighted by atomic mass is 9.84. The third-order valence-corrected chi connectivity index (χ3v) is 4.64. The smallest absolute Gasteiger partial charge is 0.234 e. The van der Waals surface area contributed by atoms with Crippen LogP contribution in [-0.2, 0) is 6.42 Å². The third kappa shape index (κ3) is 2.90. The van der Waals surface area contributed by atoms with Crippen LogP contribution in [0.1, 0.15) is 50.1 Å². The molecule has 0 N–H and O–H groups in total. The second kappa shape index (κ2) is 5.99. The SMILES string of the molecule is CCc1cnccc1-c1noc(C2CC(C)(C)Oc3ccccc32)n1. The van der Waals surface area contributed by atoms with E-state index in [2.05, 4.69) is 37.0 Å². The van der Waals surface area contributed by atoms with Crippen molar-refractivity contribution in [1.29, 1.82) is 0 Å². The summed E-state index contributed by atoms with van der Waals surface area (Å²) in [7, 11) is 0. The average molecular weight is 335 g/mol. The van der Waals surface area contributed by atoms with Crippen LogP contribution in [0.3, 0.4) is 0 Å². The van der Waals surface area contributed by atoms with Crippen LogP contribution in [-0.4, -0.2) is 20.7 Å². The zero-order valence-electron chi connectivity index (χ0n) is 14.7. The number of aromatic nitrogens is 3. The minimum atomic E-state index is -0.279. The van der Waals surface area contributed by atoms with Gasteiger partial charge in [0.1, 0.15) is 11.4 Å². The number of hydrogen-bond donors (Lipinski definition) is 0. The normalized spacial score (nSPS) is 18.4. The van der Waals surface area contributed by atoms with Crippen molar-refractivity contribution < 1.29 is 9.26 Å². The molecule has 0 fully saturated rings. The summed E-state index contributed by atoms with van der Waals surface area (Å²) in [6.07, 6.45) is 5.29. The van der Waals surface area contributed by atoms with Crippen LogP contribution in [0, 0.1) is 0 Å². The van der Waals surface area contributed by atoms with E-state index in [1.54, 1.807) is 6.20 Å². The summed E-state index contributed by atoms with van der Waals surface area (Å²) in [5.41, 5.74) is 2.91. The molecule has 0 saturated carbocycles. The van der Waals surface area contributed by atoms with Gasteiger partial charge in [-0.3, -0.25) is 4.98 Å². The topological polar surface area (TPSA) is 61.0 Å². The molecule has 0 aliphatic carbocycles. The predicted octanol–water partition coefficient (Wildman–Crippen LogP) is 4.39. The molecule has 1 aliphatic rings. The number of para-hydroxylation sites is 1. The molecule has 3 aromatic rings. The van der Waals surface area contributed by atoms with Crippen LogP contribution in [0.2, 0.25) is 0 Å². The number of pyridine rings is 1. The minimum absolute atomic E-state index is 0.0353. The first-order chi connectivity index (χ1) is 12.1. The summed E-state index contributed by atoms with van der Waals surface area (Å²) in [5.74, 6) is 2.18. The van der Waals surface area contributed by atoms with Gasteiger partial charge in [0.25, 0.3) is 0 Å². The molecule has 1 unspecified atom stereocenters. The maximum atomic E-state index is 6.10. The van der Waals surface area contributed by atoms with Gasteiger partial charge in [0.05, 0.1) is 5.92 Å². The lowest BCUT2D eigenvalue weighted by Gasteiger charge is -2.36. The molecule has 1 atom stereocenters. The zero-order valence-corrected chi connectivity index (χ0v) is 14.7. The number of hydrogen-bond acceptors (Lipinski definition) is 5. The molecule has 128 valence electrons. The first-order valence-electron chi connectivity index (χ1n) is 8.62. The summed E-state index contributed by atoms with van der Waals surface area (Å²) in [4.78, 5) is 8.90. The Morgan fingerprint density at radius 3 is 2.88 bits per heavy atom. The first-order valence-corrected chi connectivity index (χ1v) is 8.62. The first kappa shape index (κ1) is 15.8. The van der Waals surface area contributed by atoms with Gasteiger partial charge in [0.15, 0.2) is 0 Å². The number of aryl methyl sites for hydroxylation is 1. The van der Waals surface area contributed by atoms with Crippen molar-refractivity contribution in [1.82, 2.24) is 15.1 Å². The highest BCUT2D eigenvalue weighted by atomic mass is 16.5. The van der Waals surface area contributed by atoms with Gasteiger partial charge in [0.2, 0.25) is 11.7 Å². The predicted molar refractivity (Wildman–Crippen MR) is 94.5 cm³/mol. The van der Waals surface area contributed by atoms with Gasteiger partial charge >= 0.3 is 0 Å². The number of benzene rings is 1. The molecule has 5 heteroatoms. The van der Waals surface area contributed by atoms with Gasteiger partial charge < -0.3 is 9.26 Å². The van der Waals surface area contributed by atoms with Crippen LogP contribution >= 0.6 is 0 Å². The molecular formula is C20H21N3O2. The molecular weight excluding hydrogens is 314 g/mol. The maximum Gasteiger partial charge on any atom is 0.234 e. The highest BCUT2D eigenvalue weighted by Crippen LogP contribution is 2.43. The van der Waals surface area contributed by atoms with Gasteiger partial charge in [0, 0.05) is 29.9 Å². The van der Waals surface area contributed by atoms with Gasteiger partial charge in [-0.1, -0.05) is 30.3 Å². The second-order valence-electron chi connectivity index (χ2n) is 7.00. The van der Waals surface area contributed by atoms with Gasteiger partial charge in [-0.25, -0.2) is 0 Å². The van der Waals surface area contributed by atoms with E-state index in [0.717, 1.165) is 35.3 Å². The lowest BCUT2D eigenvalue weighted by molar-refractivity contribution is 0.0725. The van der Waals surface area contributed by atoms with Crippen molar-refractivity contribution in [2.24, 2.45) is 0 Å². The van der Waals surface area contributed by atoms with Crippen LogP contribution in [0.15, 0.2) is 47.2 Å². The minimum Gasteiger partial charge on any atom is -0.488 e. The molecule has 5 nitrogen and oxygen atoms in total. The van der Waals surface area contributed by atoms with E-state index in [9.17, 15) is 0 Å². The highest BCUT2D eigenvalue weighted by molar-refractivity contribution is 5.58. The number of ether oxygens (including phenoxy) is 1. The maximum absolute atomic E-state index is 6.10. The van der Waals surface area contributed by atoms with Crippen molar-refractivity contribution in [3.8, 4) is 17.1 Å². The Labute approximate surface area is 147 Å². The fraction of sp³-hybridized carbons (Fsp3) is 0.350. The number of rotatable bonds is 3. The van der Waals surface area contributed by atoms with Crippen LogP contribution < -0.4 is 4.74 Å². The summed E-state index contributed by atoms with van der Waals surface area (Å²) in [6, 6.07) is 10.0. The lowest BCUT2D eigenvalue weighted by Crippen LogP contribution is -2.35. The second-order valence-corrected chi connectivity index (χ2v) is 7.00. The van der Waals surface area contributed by atoms with Crippen LogP contribution in [0.4, 0.5) is 0 Å². The van der Waals surface area contributed by atoms with Crippen molar-refractivity contribution in [3.63, 3.8) is 0 Å². The van der Waals surface area contributed by atoms with E-state index >= 15 is 0 Å². The molecule has 0 spiro atoms. The quantitative estimate of drug-likeness (QED) is 0.710. The Kier molecular flexibility index (Phi) is 3.79. The van der Waals surface area contributed by atoms with E-state index in [4.69, 9.17) is 14.2 Å². The van der Waals surface area contributed by atoms with E-state index in [1.165, 1.54) is 0 Å². The molecule has 0 amide bonds. The average Bonchev–Trinajstić information content (AvgIpc) is 3.10. The standard InChI is InChI=1S/C20H21N3O2/c1-4-13-12-21-10-9-14(13)18-22-19(25-23-18)16-11-20(2,3)24-17-8-6-5-7-15(16)17/h5-10,12,16H,4,11H2,1-3H3. The Balaban J connectivity index is 1.75. The molecule has 0 radical (unpaired) electrons. The fourth-order valence-electron chi connectivity index (χ4n) is 3.44. The van der Waals surface area contributed by atoms with E-state index in [-0.39, 0.29) is 11.5 Å². The van der Waals surface area contributed by atoms with Crippen molar-refractivity contribution in [2.75, 3.05) is 0 Å². The summed E-state index contributed by atoms with van der Waals surface area (Å²) >= 11 is 0. The fourth-order valence-corrected chi connectivity index (χ4v) is 3.44. The molecule has 0 bridgehead atoms. The Hall–Kier alpha value is -2.69. The monoisotopic (exact) mass is 335 g/mol. The Bertz CT molecular complexity index is 901. The molecule has 1 aliphatic heterocycles. The van der Waals surface area contributed by atoms with E-state index < -0.39 is 0 Å². The molecule has 4 rings (SSSR count). The van der Waals surface area contributed by atoms with Crippen molar-refractivity contribution >= 4 is 0 Å². The molecule has 1 aromatic carbocycles. The summed E-state index contributed by atoms with van der Waals surface area (Å²) < 4.78 is 11.8. The highest BCUT2D eigenvalue weighted by Gasteiger charge is 2.37. The van der Waals surface area contributed by atoms with E-state index in [1.807, 2.05) is 30.5 Å². The van der Waals surface area contributed by atoms with Gasteiger partial charge in [-0.15, -0.1) is 0 Å². The van der Waals surface area contributed by atoms with Crippen molar-refractivity contribution in [2.45, 2.75) is 45.1 Å². The van der Waals surface area contributed by atoms with Gasteiger partial charge in [-0.05, 0) is 38.0 Å². The molecule has 0 saturated heterocycles. The number of fused-ring (bicyclic) bond motifs is 1. The molecule has 2 aromatic heterocycles. The Morgan fingerprint density at radius 1 is 1.20 bits per heavy atom. The summed E-state index contributed by atoms with van der Waals surface area (Å²) in [6.45, 7) is 6.27. The molecule has 3 heterocycles. The van der Waals surface area contributed by atoms with Crippen molar-refractivity contribution in [3.05, 3.63) is 59.7 Å². The third-order valence-electron chi connectivity index (χ3n) is 4.64. The largest absolute Gasteiger partial charge is 0.488 e. The summed E-state index contributed by atoms with van der Waals surface area (Å²) in [5, 5.41) is 4.24. The number of nitrogens with zero attached hydrogens (tertiary/aromatic N) is 3. The molecule has 25 heavy (non-hydrogen) atoms. The van der Waals surface area contributed by atoms with E-state index in [0.29, 0.717) is 11.7 Å². The van der Waals surface area contributed by atoms with Crippen LogP contribution in [0.5, 0.6) is 5.75 Å². The zero-order chi connectivity index (χ0) is 17.4. The van der Waals surface area contributed by atoms with Crippen LogP contribution in [0.25, 0.3) is 11.4 Å². The Morgan fingerprint density at radius 2 is 2.04 bits per heavy atom.